The Hall–Kier alpha value is -1.83. The lowest BCUT2D eigenvalue weighted by molar-refractivity contribution is -0.155. The molecule has 170 valence electrons. The average molecular weight is 425 g/mol. The summed E-state index contributed by atoms with van der Waals surface area (Å²) < 4.78 is 16.5. The van der Waals surface area contributed by atoms with Gasteiger partial charge in [-0.1, -0.05) is 13.8 Å². The summed E-state index contributed by atoms with van der Waals surface area (Å²) in [7, 11) is 1.34. The van der Waals surface area contributed by atoms with Gasteiger partial charge in [0.15, 0.2) is 0 Å². The minimum absolute atomic E-state index is 0.00661. The Bertz CT molecular complexity index is 724. The van der Waals surface area contributed by atoms with Gasteiger partial charge in [-0.15, -0.1) is 0 Å². The third-order valence-electron chi connectivity index (χ3n) is 6.77. The molecular weight excluding hydrogens is 388 g/mol. The summed E-state index contributed by atoms with van der Waals surface area (Å²) >= 11 is 0. The number of nitrogens with zero attached hydrogens (tertiary/aromatic N) is 1. The molecule has 1 saturated heterocycles. The first-order valence-electron chi connectivity index (χ1n) is 10.8. The first-order valence-corrected chi connectivity index (χ1v) is 10.8. The maximum absolute atomic E-state index is 13.6. The second-order valence-corrected chi connectivity index (χ2v) is 10.8. The van der Waals surface area contributed by atoms with Gasteiger partial charge in [-0.25, -0.2) is 9.59 Å². The number of hydrogen-bond acceptors (Lipinski definition) is 6. The van der Waals surface area contributed by atoms with Crippen LogP contribution in [0, 0.1) is 17.3 Å². The molecule has 0 bridgehead atoms. The summed E-state index contributed by atoms with van der Waals surface area (Å²) in [5.74, 6) is -0.450. The van der Waals surface area contributed by atoms with Gasteiger partial charge in [0.25, 0.3) is 0 Å². The van der Waals surface area contributed by atoms with E-state index in [-0.39, 0.29) is 28.8 Å². The molecule has 0 aromatic carbocycles. The standard InChI is InChI=1S/C22H36N2O6/c1-12(29-22(7)9-10-22)15(23-19(27)30-20(2,3)4)17(25)24-11-13-14(21(13,5)6)16(24)18(26)28-8/h12-16H,9-11H2,1-8H3,(H,23,27)/t12-,13+,14+,15+,16+/m1/s1. The smallest absolute Gasteiger partial charge is 0.408 e. The average Bonchev–Trinajstić information content (AvgIpc) is 3.37. The summed E-state index contributed by atoms with van der Waals surface area (Å²) in [6.45, 7) is 13.7. The van der Waals surface area contributed by atoms with Crippen LogP contribution in [0.15, 0.2) is 0 Å². The van der Waals surface area contributed by atoms with Crippen molar-refractivity contribution in [1.29, 1.82) is 0 Å². The molecule has 0 aromatic heterocycles. The van der Waals surface area contributed by atoms with Gasteiger partial charge < -0.3 is 24.4 Å². The topological polar surface area (TPSA) is 94.2 Å². The van der Waals surface area contributed by atoms with Crippen molar-refractivity contribution in [1.82, 2.24) is 10.2 Å². The van der Waals surface area contributed by atoms with Gasteiger partial charge in [0.2, 0.25) is 5.91 Å². The van der Waals surface area contributed by atoms with Crippen molar-refractivity contribution in [2.24, 2.45) is 17.3 Å². The number of rotatable bonds is 6. The highest BCUT2D eigenvalue weighted by atomic mass is 16.6. The van der Waals surface area contributed by atoms with Crippen LogP contribution in [-0.4, -0.2) is 65.9 Å². The molecule has 3 aliphatic rings. The predicted molar refractivity (Wildman–Crippen MR) is 110 cm³/mol. The van der Waals surface area contributed by atoms with Gasteiger partial charge in [0, 0.05) is 12.5 Å². The molecule has 1 heterocycles. The van der Waals surface area contributed by atoms with Crippen LogP contribution in [0.5, 0.6) is 0 Å². The number of methoxy groups -OCH3 is 1. The lowest BCUT2D eigenvalue weighted by atomic mass is 9.99. The van der Waals surface area contributed by atoms with Gasteiger partial charge >= 0.3 is 12.1 Å². The zero-order valence-corrected chi connectivity index (χ0v) is 19.4. The Morgan fingerprint density at radius 1 is 1.13 bits per heavy atom. The van der Waals surface area contributed by atoms with E-state index in [4.69, 9.17) is 14.2 Å². The van der Waals surface area contributed by atoms with Gasteiger partial charge in [-0.2, -0.15) is 0 Å². The molecule has 1 aliphatic heterocycles. The normalized spacial score (nSPS) is 30.0. The molecule has 2 saturated carbocycles. The van der Waals surface area contributed by atoms with Crippen LogP contribution >= 0.6 is 0 Å². The predicted octanol–water partition coefficient (Wildman–Crippen LogP) is 2.49. The molecule has 5 atom stereocenters. The van der Waals surface area contributed by atoms with Gasteiger partial charge in [0.05, 0.1) is 18.8 Å². The van der Waals surface area contributed by atoms with Gasteiger partial charge in [0.1, 0.15) is 17.7 Å². The molecule has 0 spiro atoms. The van der Waals surface area contributed by atoms with Crippen LogP contribution in [-0.2, 0) is 23.8 Å². The number of amides is 2. The minimum atomic E-state index is -0.954. The van der Waals surface area contributed by atoms with E-state index in [0.717, 1.165) is 12.8 Å². The number of likely N-dealkylation sites (tertiary alicyclic amines) is 1. The van der Waals surface area contributed by atoms with Crippen LogP contribution < -0.4 is 5.32 Å². The number of esters is 1. The van der Waals surface area contributed by atoms with Crippen LogP contribution in [0.3, 0.4) is 0 Å². The van der Waals surface area contributed by atoms with Crippen LogP contribution in [0.1, 0.15) is 61.3 Å². The van der Waals surface area contributed by atoms with Gasteiger partial charge in [-0.05, 0) is 58.8 Å². The second-order valence-electron chi connectivity index (χ2n) is 10.8. The second kappa shape index (κ2) is 7.39. The van der Waals surface area contributed by atoms with Crippen molar-refractivity contribution in [2.75, 3.05) is 13.7 Å². The largest absolute Gasteiger partial charge is 0.467 e. The summed E-state index contributed by atoms with van der Waals surface area (Å²) in [5.41, 5.74) is -0.976. The van der Waals surface area contributed by atoms with Crippen molar-refractivity contribution >= 4 is 18.0 Å². The first kappa shape index (κ1) is 22.8. The van der Waals surface area contributed by atoms with Crippen molar-refractivity contribution in [3.05, 3.63) is 0 Å². The maximum Gasteiger partial charge on any atom is 0.408 e. The van der Waals surface area contributed by atoms with Crippen molar-refractivity contribution in [3.8, 4) is 0 Å². The van der Waals surface area contributed by atoms with E-state index in [0.29, 0.717) is 6.54 Å². The number of carbonyl (C=O) groups is 3. The summed E-state index contributed by atoms with van der Waals surface area (Å²) in [6, 6.07) is -1.60. The Morgan fingerprint density at radius 2 is 1.73 bits per heavy atom. The fraction of sp³-hybridized carbons (Fsp3) is 0.864. The van der Waals surface area contributed by atoms with E-state index in [1.165, 1.54) is 7.11 Å². The number of carbonyl (C=O) groups excluding carboxylic acids is 3. The molecule has 8 nitrogen and oxygen atoms in total. The minimum Gasteiger partial charge on any atom is -0.467 e. The number of piperidine rings is 1. The molecule has 3 fully saturated rings. The van der Waals surface area contributed by atoms with E-state index in [2.05, 4.69) is 19.2 Å². The molecule has 0 unspecified atom stereocenters. The summed E-state index contributed by atoms with van der Waals surface area (Å²) in [4.78, 5) is 40.1. The lowest BCUT2D eigenvalue weighted by Gasteiger charge is -2.35. The fourth-order valence-electron chi connectivity index (χ4n) is 4.71. The molecule has 8 heteroatoms. The van der Waals surface area contributed by atoms with Crippen LogP contribution in [0.25, 0.3) is 0 Å². The summed E-state index contributed by atoms with van der Waals surface area (Å²) in [5, 5.41) is 2.70. The first-order chi connectivity index (χ1) is 13.7. The fourth-order valence-corrected chi connectivity index (χ4v) is 4.71. The Kier molecular flexibility index (Phi) is 5.63. The van der Waals surface area contributed by atoms with Gasteiger partial charge in [-0.3, -0.25) is 4.79 Å². The number of alkyl carbamates (subject to hydrolysis) is 1. The molecular formula is C22H36N2O6. The highest BCUT2D eigenvalue weighted by molar-refractivity contribution is 5.91. The zero-order valence-electron chi connectivity index (χ0n) is 19.4. The zero-order chi connectivity index (χ0) is 22.6. The molecule has 2 amide bonds. The molecule has 0 radical (unpaired) electrons. The molecule has 2 aliphatic carbocycles. The van der Waals surface area contributed by atoms with E-state index in [1.54, 1.807) is 32.6 Å². The van der Waals surface area contributed by atoms with Crippen molar-refractivity contribution in [3.63, 3.8) is 0 Å². The van der Waals surface area contributed by atoms with Crippen LogP contribution in [0.2, 0.25) is 0 Å². The number of nitrogens with one attached hydrogen (secondary N) is 1. The monoisotopic (exact) mass is 424 g/mol. The molecule has 0 aromatic rings. The van der Waals surface area contributed by atoms with E-state index < -0.39 is 35.9 Å². The molecule has 30 heavy (non-hydrogen) atoms. The quantitative estimate of drug-likeness (QED) is 0.659. The molecule has 3 rings (SSSR count). The van der Waals surface area contributed by atoms with Crippen molar-refractivity contribution in [2.45, 2.75) is 90.7 Å². The molecule has 1 N–H and O–H groups in total. The maximum atomic E-state index is 13.6. The highest BCUT2D eigenvalue weighted by Gasteiger charge is 2.70. The van der Waals surface area contributed by atoms with Crippen LogP contribution in [0.4, 0.5) is 4.79 Å². The Morgan fingerprint density at radius 3 is 2.23 bits per heavy atom. The number of hydrogen-bond donors (Lipinski definition) is 1. The third kappa shape index (κ3) is 4.43. The van der Waals surface area contributed by atoms with E-state index in [9.17, 15) is 14.4 Å². The SMILES string of the molecule is COC(=O)[C@@H]1[C@@H]2[C@H](CN1C(=O)[C@@H](NC(=O)OC(C)(C)C)[C@@H](C)OC1(C)CC1)C2(C)C. The number of fused-ring (bicyclic) bond motifs is 1. The van der Waals surface area contributed by atoms with Crippen molar-refractivity contribution < 1.29 is 28.6 Å². The Labute approximate surface area is 179 Å². The number of ether oxygens (including phenoxy) is 3. The summed E-state index contributed by atoms with van der Waals surface area (Å²) in [6.07, 6.45) is 0.576. The highest BCUT2D eigenvalue weighted by Crippen LogP contribution is 2.65. The van der Waals surface area contributed by atoms with E-state index in [1.807, 2.05) is 6.92 Å². The lowest BCUT2D eigenvalue weighted by Crippen LogP contribution is -2.58. The van der Waals surface area contributed by atoms with E-state index >= 15 is 0 Å². The Balaban J connectivity index is 1.80. The third-order valence-corrected chi connectivity index (χ3v) is 6.77.